The standard InChI is InChI=1S/C25H32ClFN2O/c1-18(2)20-10-8-19(9-11-20)5-4-14-28-25(30)21-12-15-29(16-13-21)17-22-23(26)6-3-7-24(22)27/h3,6-11,18,21H,4-5,12-17H2,1-2H3,(H,28,30). The van der Waals surface area contributed by atoms with E-state index in [1.54, 1.807) is 12.1 Å². The van der Waals surface area contributed by atoms with Crippen LogP contribution >= 0.6 is 11.6 Å². The molecule has 3 rings (SSSR count). The summed E-state index contributed by atoms with van der Waals surface area (Å²) >= 11 is 6.13. The molecule has 1 amide bonds. The molecule has 1 heterocycles. The number of hydrogen-bond acceptors (Lipinski definition) is 2. The largest absolute Gasteiger partial charge is 0.356 e. The molecule has 1 aliphatic heterocycles. The van der Waals surface area contributed by atoms with Gasteiger partial charge in [-0.15, -0.1) is 0 Å². The lowest BCUT2D eigenvalue weighted by Gasteiger charge is -2.31. The van der Waals surface area contributed by atoms with Gasteiger partial charge in [-0.1, -0.05) is 55.8 Å². The molecule has 0 aliphatic carbocycles. The van der Waals surface area contributed by atoms with Crippen LogP contribution in [0.2, 0.25) is 5.02 Å². The summed E-state index contributed by atoms with van der Waals surface area (Å²) in [5.74, 6) is 0.478. The van der Waals surface area contributed by atoms with Crippen LogP contribution in [0.5, 0.6) is 0 Å². The van der Waals surface area contributed by atoms with Gasteiger partial charge in [-0.25, -0.2) is 4.39 Å². The van der Waals surface area contributed by atoms with Gasteiger partial charge in [0.2, 0.25) is 5.91 Å². The van der Waals surface area contributed by atoms with Crippen LogP contribution in [0.15, 0.2) is 42.5 Å². The lowest BCUT2D eigenvalue weighted by Crippen LogP contribution is -2.40. The highest BCUT2D eigenvalue weighted by atomic mass is 35.5. The Morgan fingerprint density at radius 1 is 1.17 bits per heavy atom. The van der Waals surface area contributed by atoms with Crippen molar-refractivity contribution in [3.8, 4) is 0 Å². The van der Waals surface area contributed by atoms with Crippen molar-refractivity contribution in [2.75, 3.05) is 19.6 Å². The average Bonchev–Trinajstić information content (AvgIpc) is 2.74. The third-order valence-electron chi connectivity index (χ3n) is 5.99. The van der Waals surface area contributed by atoms with Gasteiger partial charge >= 0.3 is 0 Å². The predicted octanol–water partition coefficient (Wildman–Crippen LogP) is 5.56. The molecule has 1 aliphatic rings. The maximum Gasteiger partial charge on any atom is 0.223 e. The molecule has 2 aromatic rings. The van der Waals surface area contributed by atoms with Gasteiger partial charge in [0, 0.05) is 29.6 Å². The van der Waals surface area contributed by atoms with E-state index in [0.717, 1.165) is 38.8 Å². The zero-order valence-corrected chi connectivity index (χ0v) is 18.7. The molecule has 5 heteroatoms. The van der Waals surface area contributed by atoms with Gasteiger partial charge in [0.05, 0.1) is 0 Å². The lowest BCUT2D eigenvalue weighted by molar-refractivity contribution is -0.126. The molecule has 3 nitrogen and oxygen atoms in total. The van der Waals surface area contributed by atoms with Crippen molar-refractivity contribution in [1.82, 2.24) is 10.2 Å². The molecule has 162 valence electrons. The Labute approximate surface area is 184 Å². The van der Waals surface area contributed by atoms with Gasteiger partial charge in [0.15, 0.2) is 0 Å². The van der Waals surface area contributed by atoms with E-state index in [-0.39, 0.29) is 17.6 Å². The summed E-state index contributed by atoms with van der Waals surface area (Å²) in [4.78, 5) is 14.7. The zero-order chi connectivity index (χ0) is 21.5. The molecule has 2 aromatic carbocycles. The third-order valence-corrected chi connectivity index (χ3v) is 6.34. The second-order valence-electron chi connectivity index (χ2n) is 8.54. The summed E-state index contributed by atoms with van der Waals surface area (Å²) in [6, 6.07) is 13.6. The highest BCUT2D eigenvalue weighted by Crippen LogP contribution is 2.24. The van der Waals surface area contributed by atoms with Crippen molar-refractivity contribution in [3.63, 3.8) is 0 Å². The normalized spacial score (nSPS) is 15.5. The van der Waals surface area contributed by atoms with Crippen molar-refractivity contribution in [2.24, 2.45) is 5.92 Å². The van der Waals surface area contributed by atoms with Crippen molar-refractivity contribution in [3.05, 3.63) is 70.0 Å². The number of aryl methyl sites for hydroxylation is 1. The number of nitrogens with one attached hydrogen (secondary N) is 1. The van der Waals surface area contributed by atoms with Crippen LogP contribution in [0.25, 0.3) is 0 Å². The van der Waals surface area contributed by atoms with Crippen LogP contribution in [0.1, 0.15) is 55.7 Å². The number of amides is 1. The number of hydrogen-bond donors (Lipinski definition) is 1. The minimum Gasteiger partial charge on any atom is -0.356 e. The van der Waals surface area contributed by atoms with Crippen molar-refractivity contribution >= 4 is 17.5 Å². The summed E-state index contributed by atoms with van der Waals surface area (Å²) < 4.78 is 14.0. The molecule has 1 N–H and O–H groups in total. The Bertz CT molecular complexity index is 809. The van der Waals surface area contributed by atoms with E-state index in [2.05, 4.69) is 48.3 Å². The Balaban J connectivity index is 1.36. The molecule has 1 fully saturated rings. The van der Waals surface area contributed by atoms with Gasteiger partial charge < -0.3 is 5.32 Å². The summed E-state index contributed by atoms with van der Waals surface area (Å²) in [6.07, 6.45) is 3.51. The maximum absolute atomic E-state index is 14.0. The number of nitrogens with zero attached hydrogens (tertiary/aromatic N) is 1. The summed E-state index contributed by atoms with van der Waals surface area (Å²) in [5, 5.41) is 3.56. The van der Waals surface area contributed by atoms with E-state index in [4.69, 9.17) is 11.6 Å². The zero-order valence-electron chi connectivity index (χ0n) is 18.0. The molecule has 1 saturated heterocycles. The van der Waals surface area contributed by atoms with E-state index in [0.29, 0.717) is 29.6 Å². The summed E-state index contributed by atoms with van der Waals surface area (Å²) in [7, 11) is 0. The van der Waals surface area contributed by atoms with Crippen LogP contribution in [-0.2, 0) is 17.8 Å². The number of carbonyl (C=O) groups excluding carboxylic acids is 1. The predicted molar refractivity (Wildman–Crippen MR) is 121 cm³/mol. The van der Waals surface area contributed by atoms with Crippen LogP contribution in [0.3, 0.4) is 0 Å². The third kappa shape index (κ3) is 6.29. The Kier molecular flexibility index (Phi) is 8.29. The molecular formula is C25H32ClFN2O. The van der Waals surface area contributed by atoms with Crippen molar-refractivity contribution < 1.29 is 9.18 Å². The molecule has 0 radical (unpaired) electrons. The van der Waals surface area contributed by atoms with E-state index < -0.39 is 0 Å². The van der Waals surface area contributed by atoms with Crippen LogP contribution in [0.4, 0.5) is 4.39 Å². The molecule has 0 bridgehead atoms. The molecule has 0 unspecified atom stereocenters. The minimum absolute atomic E-state index is 0.0441. The Hall–Kier alpha value is -1.91. The lowest BCUT2D eigenvalue weighted by atomic mass is 9.95. The van der Waals surface area contributed by atoms with Crippen LogP contribution in [-0.4, -0.2) is 30.4 Å². The number of halogens is 2. The fourth-order valence-electron chi connectivity index (χ4n) is 3.98. The fraction of sp³-hybridized carbons (Fsp3) is 0.480. The smallest absolute Gasteiger partial charge is 0.223 e. The molecular weight excluding hydrogens is 399 g/mol. The minimum atomic E-state index is -0.263. The fourth-order valence-corrected chi connectivity index (χ4v) is 4.20. The van der Waals surface area contributed by atoms with E-state index in [1.165, 1.54) is 17.2 Å². The van der Waals surface area contributed by atoms with Gasteiger partial charge in [0.1, 0.15) is 5.82 Å². The molecule has 30 heavy (non-hydrogen) atoms. The first-order valence-electron chi connectivity index (χ1n) is 11.0. The van der Waals surface area contributed by atoms with Crippen LogP contribution < -0.4 is 5.32 Å². The number of benzene rings is 2. The second-order valence-corrected chi connectivity index (χ2v) is 8.95. The number of likely N-dealkylation sites (tertiary alicyclic amines) is 1. The Morgan fingerprint density at radius 2 is 1.87 bits per heavy atom. The van der Waals surface area contributed by atoms with Crippen molar-refractivity contribution in [1.29, 1.82) is 0 Å². The van der Waals surface area contributed by atoms with Gasteiger partial charge in [-0.05, 0) is 68.0 Å². The van der Waals surface area contributed by atoms with E-state index in [1.807, 2.05) is 0 Å². The number of piperidine rings is 1. The highest BCUT2D eigenvalue weighted by Gasteiger charge is 2.25. The highest BCUT2D eigenvalue weighted by molar-refractivity contribution is 6.31. The Morgan fingerprint density at radius 3 is 2.50 bits per heavy atom. The molecule has 0 atom stereocenters. The number of rotatable bonds is 8. The summed E-state index contributed by atoms with van der Waals surface area (Å²) in [6.45, 7) is 7.16. The number of carbonyl (C=O) groups is 1. The first-order valence-corrected chi connectivity index (χ1v) is 11.3. The topological polar surface area (TPSA) is 32.3 Å². The average molecular weight is 431 g/mol. The first-order chi connectivity index (χ1) is 14.4. The van der Waals surface area contributed by atoms with Gasteiger partial charge in [-0.3, -0.25) is 9.69 Å². The maximum atomic E-state index is 14.0. The second kappa shape index (κ2) is 10.9. The SMILES string of the molecule is CC(C)c1ccc(CCCNC(=O)C2CCN(Cc3c(F)cccc3Cl)CC2)cc1. The molecule has 0 spiro atoms. The monoisotopic (exact) mass is 430 g/mol. The quantitative estimate of drug-likeness (QED) is 0.556. The van der Waals surface area contributed by atoms with Crippen molar-refractivity contribution in [2.45, 2.75) is 52.0 Å². The molecule has 0 saturated carbocycles. The van der Waals surface area contributed by atoms with Crippen LogP contribution in [0, 0.1) is 11.7 Å². The summed E-state index contributed by atoms with van der Waals surface area (Å²) in [5.41, 5.74) is 3.22. The first kappa shape index (κ1) is 22.8. The van der Waals surface area contributed by atoms with Gasteiger partial charge in [0.25, 0.3) is 0 Å². The van der Waals surface area contributed by atoms with E-state index in [9.17, 15) is 9.18 Å². The van der Waals surface area contributed by atoms with Gasteiger partial charge in [-0.2, -0.15) is 0 Å². The molecule has 0 aromatic heterocycles. The van der Waals surface area contributed by atoms with E-state index >= 15 is 0 Å².